The van der Waals surface area contributed by atoms with Crippen LogP contribution in [0.3, 0.4) is 0 Å². The molecule has 1 heterocycles. The zero-order valence-corrected chi connectivity index (χ0v) is 14.6. The van der Waals surface area contributed by atoms with E-state index in [1.54, 1.807) is 11.1 Å². The first kappa shape index (κ1) is 17.0. The Labute approximate surface area is 148 Å². The van der Waals surface area contributed by atoms with Gasteiger partial charge in [0.2, 0.25) is 5.91 Å². The first-order valence-corrected chi connectivity index (χ1v) is 8.40. The largest absolute Gasteiger partial charge is 0.491 e. The molecule has 0 atom stereocenters. The molecule has 3 aromatic rings. The minimum absolute atomic E-state index is 0.0616. The van der Waals surface area contributed by atoms with E-state index in [0.717, 1.165) is 27.8 Å². The van der Waals surface area contributed by atoms with Gasteiger partial charge in [0.05, 0.1) is 18.5 Å². The van der Waals surface area contributed by atoms with Crippen molar-refractivity contribution in [2.45, 2.75) is 13.3 Å². The number of ether oxygens (including phenoxy) is 1. The van der Waals surface area contributed by atoms with Gasteiger partial charge in [-0.2, -0.15) is 0 Å². The molecule has 128 valence electrons. The van der Waals surface area contributed by atoms with Crippen LogP contribution >= 0.6 is 0 Å². The molecule has 0 saturated carbocycles. The summed E-state index contributed by atoms with van der Waals surface area (Å²) in [7, 11) is 1.81. The Morgan fingerprint density at radius 3 is 2.72 bits per heavy atom. The highest BCUT2D eigenvalue weighted by molar-refractivity contribution is 5.87. The molecule has 0 aliphatic carbocycles. The number of carbonyl (C=O) groups is 1. The van der Waals surface area contributed by atoms with Gasteiger partial charge in [0, 0.05) is 18.6 Å². The summed E-state index contributed by atoms with van der Waals surface area (Å²) in [5.41, 5.74) is 2.94. The summed E-state index contributed by atoms with van der Waals surface area (Å²) >= 11 is 0. The van der Waals surface area contributed by atoms with Gasteiger partial charge in [0.1, 0.15) is 12.4 Å². The fraction of sp³-hybridized carbons (Fsp3) is 0.238. The lowest BCUT2D eigenvalue weighted by Crippen LogP contribution is -2.32. The van der Waals surface area contributed by atoms with Crippen LogP contribution in [0, 0.1) is 6.92 Å². The first-order valence-electron chi connectivity index (χ1n) is 8.40. The van der Waals surface area contributed by atoms with Crippen LogP contribution in [-0.2, 0) is 11.2 Å². The number of benzene rings is 2. The lowest BCUT2D eigenvalue weighted by molar-refractivity contribution is -0.129. The van der Waals surface area contributed by atoms with E-state index in [1.807, 2.05) is 68.6 Å². The summed E-state index contributed by atoms with van der Waals surface area (Å²) in [6.07, 6.45) is 2.10. The predicted octanol–water partition coefficient (Wildman–Crippen LogP) is 3.62. The number of hydrogen-bond acceptors (Lipinski definition) is 3. The highest BCUT2D eigenvalue weighted by Crippen LogP contribution is 2.18. The second-order valence-corrected chi connectivity index (χ2v) is 6.10. The van der Waals surface area contributed by atoms with Gasteiger partial charge >= 0.3 is 0 Å². The molecule has 0 aliphatic heterocycles. The minimum atomic E-state index is 0.0616. The van der Waals surface area contributed by atoms with Crippen molar-refractivity contribution in [3.8, 4) is 5.75 Å². The summed E-state index contributed by atoms with van der Waals surface area (Å²) in [5.74, 6) is 0.924. The van der Waals surface area contributed by atoms with Crippen molar-refractivity contribution >= 4 is 16.8 Å². The number of likely N-dealkylation sites (N-methyl/N-ethyl adjacent to an activating group) is 1. The van der Waals surface area contributed by atoms with Crippen LogP contribution in [0.1, 0.15) is 11.1 Å². The van der Waals surface area contributed by atoms with Crippen molar-refractivity contribution < 1.29 is 9.53 Å². The molecule has 0 bridgehead atoms. The molecule has 4 nitrogen and oxygen atoms in total. The third-order valence-corrected chi connectivity index (χ3v) is 4.26. The predicted molar refractivity (Wildman–Crippen MR) is 99.8 cm³/mol. The molecule has 0 unspecified atom stereocenters. The molecule has 0 saturated heterocycles. The number of pyridine rings is 1. The smallest absolute Gasteiger partial charge is 0.226 e. The lowest BCUT2D eigenvalue weighted by atomic mass is 10.1. The summed E-state index contributed by atoms with van der Waals surface area (Å²) in [6, 6.07) is 17.7. The molecule has 0 fully saturated rings. The maximum Gasteiger partial charge on any atom is 0.226 e. The number of carbonyl (C=O) groups excluding carboxylic acids is 1. The van der Waals surface area contributed by atoms with Crippen molar-refractivity contribution in [3.63, 3.8) is 0 Å². The van der Waals surface area contributed by atoms with Gasteiger partial charge in [0.15, 0.2) is 0 Å². The Kier molecular flexibility index (Phi) is 5.29. The molecule has 0 spiro atoms. The molecule has 1 aromatic heterocycles. The van der Waals surface area contributed by atoms with Crippen LogP contribution in [0.15, 0.2) is 60.8 Å². The fourth-order valence-corrected chi connectivity index (χ4v) is 2.74. The van der Waals surface area contributed by atoms with E-state index in [9.17, 15) is 4.79 Å². The van der Waals surface area contributed by atoms with Crippen LogP contribution in [0.25, 0.3) is 10.9 Å². The number of aryl methyl sites for hydroxylation is 1. The topological polar surface area (TPSA) is 42.4 Å². The normalized spacial score (nSPS) is 10.6. The minimum Gasteiger partial charge on any atom is -0.491 e. The number of rotatable bonds is 6. The van der Waals surface area contributed by atoms with Crippen molar-refractivity contribution in [2.75, 3.05) is 20.2 Å². The van der Waals surface area contributed by atoms with Gasteiger partial charge in [-0.1, -0.05) is 42.5 Å². The summed E-state index contributed by atoms with van der Waals surface area (Å²) in [4.78, 5) is 18.6. The molecule has 1 amide bonds. The van der Waals surface area contributed by atoms with E-state index in [0.29, 0.717) is 19.6 Å². The number of para-hydroxylation sites is 2. The molecule has 3 rings (SSSR count). The molecule has 0 radical (unpaired) electrons. The monoisotopic (exact) mass is 334 g/mol. The Morgan fingerprint density at radius 2 is 1.88 bits per heavy atom. The van der Waals surface area contributed by atoms with Gasteiger partial charge in [-0.15, -0.1) is 0 Å². The summed E-state index contributed by atoms with van der Waals surface area (Å²) < 4.78 is 5.77. The fourth-order valence-electron chi connectivity index (χ4n) is 2.74. The maximum absolute atomic E-state index is 12.5. The van der Waals surface area contributed by atoms with E-state index in [2.05, 4.69) is 4.98 Å². The lowest BCUT2D eigenvalue weighted by Gasteiger charge is -2.18. The van der Waals surface area contributed by atoms with Gasteiger partial charge < -0.3 is 9.64 Å². The number of hydrogen-bond donors (Lipinski definition) is 0. The molecule has 0 aliphatic rings. The molecular formula is C21H22N2O2. The summed E-state index contributed by atoms with van der Waals surface area (Å²) in [6.45, 7) is 3.03. The highest BCUT2D eigenvalue weighted by atomic mass is 16.5. The van der Waals surface area contributed by atoms with E-state index in [1.165, 1.54) is 0 Å². The molecule has 25 heavy (non-hydrogen) atoms. The first-order chi connectivity index (χ1) is 12.1. The van der Waals surface area contributed by atoms with E-state index in [-0.39, 0.29) is 5.91 Å². The van der Waals surface area contributed by atoms with Crippen molar-refractivity contribution in [1.82, 2.24) is 9.88 Å². The van der Waals surface area contributed by atoms with Crippen molar-refractivity contribution in [2.24, 2.45) is 0 Å². The second-order valence-electron chi connectivity index (χ2n) is 6.10. The van der Waals surface area contributed by atoms with Crippen LogP contribution < -0.4 is 4.74 Å². The number of amides is 1. The average molecular weight is 334 g/mol. The Bertz CT molecular complexity index is 871. The Balaban J connectivity index is 1.58. The van der Waals surface area contributed by atoms with Crippen LogP contribution in [-0.4, -0.2) is 36.0 Å². The van der Waals surface area contributed by atoms with Gasteiger partial charge in [-0.3, -0.25) is 9.78 Å². The maximum atomic E-state index is 12.5. The number of fused-ring (bicyclic) bond motifs is 1. The molecular weight excluding hydrogens is 312 g/mol. The van der Waals surface area contributed by atoms with E-state index in [4.69, 9.17) is 4.74 Å². The number of aromatic nitrogens is 1. The Hall–Kier alpha value is -2.88. The van der Waals surface area contributed by atoms with Gasteiger partial charge in [-0.05, 0) is 30.2 Å². The SMILES string of the molecule is Cc1ccccc1OCCN(C)C(=O)Cc1cccc2cccnc12. The van der Waals surface area contributed by atoms with Crippen molar-refractivity contribution in [3.05, 3.63) is 71.9 Å². The third kappa shape index (κ3) is 4.15. The van der Waals surface area contributed by atoms with Crippen LogP contribution in [0.5, 0.6) is 5.75 Å². The van der Waals surface area contributed by atoms with E-state index >= 15 is 0 Å². The standard InChI is InChI=1S/C21H22N2O2/c1-16-7-3-4-11-19(16)25-14-13-23(2)20(24)15-18-9-5-8-17-10-6-12-22-21(17)18/h3-12H,13-15H2,1-2H3. The van der Waals surface area contributed by atoms with E-state index < -0.39 is 0 Å². The Morgan fingerprint density at radius 1 is 1.08 bits per heavy atom. The zero-order chi connectivity index (χ0) is 17.6. The van der Waals surface area contributed by atoms with Gasteiger partial charge in [0.25, 0.3) is 0 Å². The molecule has 4 heteroatoms. The summed E-state index contributed by atoms with van der Waals surface area (Å²) in [5, 5.41) is 1.05. The number of nitrogens with zero attached hydrogens (tertiary/aromatic N) is 2. The second kappa shape index (κ2) is 7.79. The average Bonchev–Trinajstić information content (AvgIpc) is 2.63. The zero-order valence-electron chi connectivity index (χ0n) is 14.6. The quantitative estimate of drug-likeness (QED) is 0.691. The highest BCUT2D eigenvalue weighted by Gasteiger charge is 2.12. The van der Waals surface area contributed by atoms with Crippen molar-refractivity contribution in [1.29, 1.82) is 0 Å². The van der Waals surface area contributed by atoms with Gasteiger partial charge in [-0.25, -0.2) is 0 Å². The third-order valence-electron chi connectivity index (χ3n) is 4.26. The van der Waals surface area contributed by atoms with Crippen LogP contribution in [0.2, 0.25) is 0 Å². The molecule has 0 N–H and O–H groups in total. The van der Waals surface area contributed by atoms with Crippen LogP contribution in [0.4, 0.5) is 0 Å². The molecule has 2 aromatic carbocycles.